The van der Waals surface area contributed by atoms with Gasteiger partial charge in [-0.05, 0) is 5.92 Å². The lowest BCUT2D eigenvalue weighted by Crippen LogP contribution is -2.32. The third-order valence-corrected chi connectivity index (χ3v) is 5.24. The molecule has 2 heterocycles. The van der Waals surface area contributed by atoms with Gasteiger partial charge in [-0.25, -0.2) is 14.3 Å². The predicted octanol–water partition coefficient (Wildman–Crippen LogP) is 0.958. The number of sulfonamides is 1. The molecule has 2 aromatic rings. The lowest BCUT2D eigenvalue weighted by Gasteiger charge is -2.19. The first-order valence-electron chi connectivity index (χ1n) is 5.76. The molecule has 0 bridgehead atoms. The molecule has 0 saturated heterocycles. The van der Waals surface area contributed by atoms with Crippen LogP contribution >= 0.6 is 11.3 Å². The fourth-order valence-corrected chi connectivity index (χ4v) is 4.17. The number of nitrogens with zero attached hydrogens (tertiary/aromatic N) is 3. The summed E-state index contributed by atoms with van der Waals surface area (Å²) in [6.07, 6.45) is 1.67. The molecule has 0 amide bonds. The van der Waals surface area contributed by atoms with Gasteiger partial charge in [0, 0.05) is 25.2 Å². The van der Waals surface area contributed by atoms with Crippen molar-refractivity contribution < 1.29 is 8.42 Å². The monoisotopic (exact) mass is 303 g/mol. The summed E-state index contributed by atoms with van der Waals surface area (Å²) in [6, 6.07) is 0. The molecule has 0 aliphatic heterocycles. The van der Waals surface area contributed by atoms with Gasteiger partial charge in [0.15, 0.2) is 10.8 Å². The standard InChI is InChI=1S/C10H17N5O2S2/c1-7(2)6-14(3)19(16,17)9-8(13-11)12-10-15(9)4-5-18-10/h4-5,7,13H,6,11H2,1-3H3. The maximum atomic E-state index is 12.6. The Morgan fingerprint density at radius 1 is 1.58 bits per heavy atom. The predicted molar refractivity (Wildman–Crippen MR) is 75.5 cm³/mol. The van der Waals surface area contributed by atoms with Gasteiger partial charge in [0.1, 0.15) is 0 Å². The summed E-state index contributed by atoms with van der Waals surface area (Å²) in [5.74, 6) is 5.77. The summed E-state index contributed by atoms with van der Waals surface area (Å²) in [4.78, 5) is 4.75. The Bertz CT molecular complexity index is 673. The largest absolute Gasteiger partial charge is 0.306 e. The van der Waals surface area contributed by atoms with Crippen molar-refractivity contribution in [2.75, 3.05) is 19.0 Å². The van der Waals surface area contributed by atoms with E-state index in [4.69, 9.17) is 5.84 Å². The van der Waals surface area contributed by atoms with E-state index in [9.17, 15) is 8.42 Å². The van der Waals surface area contributed by atoms with Gasteiger partial charge in [-0.15, -0.1) is 11.3 Å². The first-order chi connectivity index (χ1) is 8.87. The van der Waals surface area contributed by atoms with E-state index < -0.39 is 10.0 Å². The highest BCUT2D eigenvalue weighted by Crippen LogP contribution is 2.27. The van der Waals surface area contributed by atoms with Crippen molar-refractivity contribution >= 4 is 32.1 Å². The quantitative estimate of drug-likeness (QED) is 0.634. The highest BCUT2D eigenvalue weighted by atomic mass is 32.2. The minimum absolute atomic E-state index is 0.0781. The molecule has 0 fully saturated rings. The molecule has 106 valence electrons. The van der Waals surface area contributed by atoms with Crippen molar-refractivity contribution in [2.45, 2.75) is 18.9 Å². The number of anilines is 1. The molecule has 9 heteroatoms. The summed E-state index contributed by atoms with van der Waals surface area (Å²) < 4.78 is 28.0. The van der Waals surface area contributed by atoms with Gasteiger partial charge >= 0.3 is 0 Å². The number of hydrogen-bond donors (Lipinski definition) is 2. The van der Waals surface area contributed by atoms with Crippen LogP contribution in [-0.4, -0.2) is 35.7 Å². The molecule has 0 saturated carbocycles. The third-order valence-electron chi connectivity index (χ3n) is 2.63. The van der Waals surface area contributed by atoms with Crippen LogP contribution < -0.4 is 11.3 Å². The number of hydrogen-bond acceptors (Lipinski definition) is 6. The zero-order valence-electron chi connectivity index (χ0n) is 11.0. The topological polar surface area (TPSA) is 92.7 Å². The van der Waals surface area contributed by atoms with Crippen LogP contribution in [0, 0.1) is 5.92 Å². The van der Waals surface area contributed by atoms with E-state index in [2.05, 4.69) is 10.4 Å². The first-order valence-corrected chi connectivity index (χ1v) is 8.08. The first kappa shape index (κ1) is 14.3. The Balaban J connectivity index is 2.55. The molecule has 3 N–H and O–H groups in total. The van der Waals surface area contributed by atoms with Gasteiger partial charge in [0.25, 0.3) is 10.0 Å². The number of aromatic nitrogens is 2. The highest BCUT2D eigenvalue weighted by molar-refractivity contribution is 7.89. The van der Waals surface area contributed by atoms with E-state index in [0.717, 1.165) is 0 Å². The van der Waals surface area contributed by atoms with Crippen molar-refractivity contribution in [3.63, 3.8) is 0 Å². The van der Waals surface area contributed by atoms with Gasteiger partial charge in [-0.1, -0.05) is 13.8 Å². The lowest BCUT2D eigenvalue weighted by atomic mass is 10.2. The summed E-state index contributed by atoms with van der Waals surface area (Å²) in [5.41, 5.74) is 2.35. The molecule has 0 spiro atoms. The summed E-state index contributed by atoms with van der Waals surface area (Å²) >= 11 is 1.35. The molecular weight excluding hydrogens is 286 g/mol. The molecule has 2 aromatic heterocycles. The van der Waals surface area contributed by atoms with Crippen LogP contribution in [0.4, 0.5) is 5.82 Å². The number of rotatable bonds is 5. The highest BCUT2D eigenvalue weighted by Gasteiger charge is 2.29. The Labute approximate surface area is 116 Å². The summed E-state index contributed by atoms with van der Waals surface area (Å²) in [5, 5.41) is 1.86. The zero-order valence-corrected chi connectivity index (χ0v) is 12.6. The molecular formula is C10H17N5O2S2. The minimum atomic E-state index is -3.63. The van der Waals surface area contributed by atoms with Gasteiger partial charge in [0.2, 0.25) is 5.03 Å². The normalized spacial score (nSPS) is 12.7. The molecule has 0 atom stereocenters. The van der Waals surface area contributed by atoms with E-state index in [1.807, 2.05) is 13.8 Å². The fourth-order valence-electron chi connectivity index (χ4n) is 1.87. The van der Waals surface area contributed by atoms with E-state index in [0.29, 0.717) is 11.5 Å². The second-order valence-corrected chi connectivity index (χ2v) is 7.48. The van der Waals surface area contributed by atoms with Crippen LogP contribution in [0.5, 0.6) is 0 Å². The number of fused-ring (bicyclic) bond motifs is 1. The van der Waals surface area contributed by atoms with Crippen molar-refractivity contribution in [1.29, 1.82) is 0 Å². The molecule has 0 unspecified atom stereocenters. The Kier molecular flexibility index (Phi) is 3.81. The number of nitrogens with one attached hydrogen (secondary N) is 1. The average molecular weight is 303 g/mol. The minimum Gasteiger partial charge on any atom is -0.306 e. The number of hydrazine groups is 1. The SMILES string of the molecule is CC(C)CN(C)S(=O)(=O)c1c(NN)nc2sccn12. The van der Waals surface area contributed by atoms with E-state index in [-0.39, 0.29) is 16.8 Å². The van der Waals surface area contributed by atoms with Crippen LogP contribution in [-0.2, 0) is 10.0 Å². The molecule has 0 radical (unpaired) electrons. The van der Waals surface area contributed by atoms with Crippen LogP contribution in [0.3, 0.4) is 0 Å². The van der Waals surface area contributed by atoms with Crippen LogP contribution in [0.25, 0.3) is 4.96 Å². The van der Waals surface area contributed by atoms with Crippen molar-refractivity contribution in [3.05, 3.63) is 11.6 Å². The van der Waals surface area contributed by atoms with Crippen LogP contribution in [0.2, 0.25) is 0 Å². The number of imidazole rings is 1. The second-order valence-electron chi connectivity index (χ2n) is 4.64. The fraction of sp³-hybridized carbons (Fsp3) is 0.500. The Hall–Kier alpha value is -1.16. The van der Waals surface area contributed by atoms with Gasteiger partial charge in [-0.3, -0.25) is 4.40 Å². The van der Waals surface area contributed by atoms with Crippen molar-refractivity contribution in [3.8, 4) is 0 Å². The maximum Gasteiger partial charge on any atom is 0.262 e. The van der Waals surface area contributed by atoms with Crippen LogP contribution in [0.15, 0.2) is 16.6 Å². The number of thiazole rings is 1. The second kappa shape index (κ2) is 5.08. The molecule has 2 rings (SSSR count). The molecule has 0 aliphatic rings. The van der Waals surface area contributed by atoms with Gasteiger partial charge < -0.3 is 5.43 Å². The van der Waals surface area contributed by atoms with E-state index >= 15 is 0 Å². The van der Waals surface area contributed by atoms with Gasteiger partial charge in [-0.2, -0.15) is 9.29 Å². The summed E-state index contributed by atoms with van der Waals surface area (Å²) in [6.45, 7) is 4.36. The zero-order chi connectivity index (χ0) is 14.2. The molecule has 19 heavy (non-hydrogen) atoms. The Morgan fingerprint density at radius 2 is 2.26 bits per heavy atom. The molecule has 0 aliphatic carbocycles. The van der Waals surface area contributed by atoms with Crippen LogP contribution in [0.1, 0.15) is 13.8 Å². The van der Waals surface area contributed by atoms with Crippen molar-refractivity contribution in [2.24, 2.45) is 11.8 Å². The number of nitrogens with two attached hydrogens (primary N) is 1. The van der Waals surface area contributed by atoms with E-state index in [1.165, 1.54) is 20.0 Å². The van der Waals surface area contributed by atoms with Crippen molar-refractivity contribution in [1.82, 2.24) is 13.7 Å². The lowest BCUT2D eigenvalue weighted by molar-refractivity contribution is 0.415. The number of nitrogen functional groups attached to an aromatic ring is 1. The Morgan fingerprint density at radius 3 is 2.84 bits per heavy atom. The summed E-state index contributed by atoms with van der Waals surface area (Å²) in [7, 11) is -2.08. The average Bonchev–Trinajstić information content (AvgIpc) is 2.85. The third kappa shape index (κ3) is 2.46. The molecule has 7 nitrogen and oxygen atoms in total. The molecule has 0 aromatic carbocycles. The van der Waals surface area contributed by atoms with E-state index in [1.54, 1.807) is 18.6 Å². The van der Waals surface area contributed by atoms with Gasteiger partial charge in [0.05, 0.1) is 0 Å². The maximum absolute atomic E-state index is 12.6. The smallest absolute Gasteiger partial charge is 0.262 e.